The van der Waals surface area contributed by atoms with Crippen molar-refractivity contribution in [2.45, 2.75) is 45.2 Å². The first kappa shape index (κ1) is 15.3. The van der Waals surface area contributed by atoms with Crippen LogP contribution < -0.4 is 5.32 Å². The summed E-state index contributed by atoms with van der Waals surface area (Å²) in [5.41, 5.74) is 1.68. The van der Waals surface area contributed by atoms with Crippen molar-refractivity contribution in [1.82, 2.24) is 5.32 Å². The number of alkyl halides is 1. The second kappa shape index (κ2) is 6.15. The fourth-order valence-electron chi connectivity index (χ4n) is 2.60. The van der Waals surface area contributed by atoms with E-state index < -0.39 is 0 Å². The van der Waals surface area contributed by atoms with Gasteiger partial charge in [-0.1, -0.05) is 26.0 Å². The highest BCUT2D eigenvalue weighted by Gasteiger charge is 2.49. The lowest BCUT2D eigenvalue weighted by atomic mass is 9.64. The first-order valence-electron chi connectivity index (χ1n) is 7.06. The number of ether oxygens (including phenoxy) is 1. The molecule has 3 nitrogen and oxygen atoms in total. The summed E-state index contributed by atoms with van der Waals surface area (Å²) < 4.78 is 5.67. The summed E-state index contributed by atoms with van der Waals surface area (Å²) in [5, 5.41) is 3.10. The molecule has 0 spiro atoms. The molecule has 2 rings (SSSR count). The SMILES string of the molecule is CCOC1CC(NC(=O)c2ccc(CCl)cc2)C1(C)C. The van der Waals surface area contributed by atoms with E-state index in [-0.39, 0.29) is 23.5 Å². The van der Waals surface area contributed by atoms with Crippen molar-refractivity contribution in [2.75, 3.05) is 6.61 Å². The van der Waals surface area contributed by atoms with Gasteiger partial charge in [-0.05, 0) is 31.0 Å². The molecule has 1 aromatic carbocycles. The smallest absolute Gasteiger partial charge is 0.251 e. The molecule has 0 bridgehead atoms. The summed E-state index contributed by atoms with van der Waals surface area (Å²) >= 11 is 5.74. The van der Waals surface area contributed by atoms with Gasteiger partial charge in [0.25, 0.3) is 5.91 Å². The molecule has 1 N–H and O–H groups in total. The Hall–Kier alpha value is -1.06. The molecule has 110 valence electrons. The molecule has 1 aromatic rings. The number of carbonyl (C=O) groups excluding carboxylic acids is 1. The zero-order valence-corrected chi connectivity index (χ0v) is 13.0. The van der Waals surface area contributed by atoms with E-state index in [0.717, 1.165) is 12.0 Å². The molecule has 0 aliphatic heterocycles. The lowest BCUT2D eigenvalue weighted by molar-refractivity contribution is -0.111. The molecule has 4 heteroatoms. The van der Waals surface area contributed by atoms with Crippen LogP contribution in [0.15, 0.2) is 24.3 Å². The highest BCUT2D eigenvalue weighted by molar-refractivity contribution is 6.17. The summed E-state index contributed by atoms with van der Waals surface area (Å²) in [6, 6.07) is 7.57. The predicted octanol–water partition coefficient (Wildman–Crippen LogP) is 3.36. The Balaban J connectivity index is 1.95. The van der Waals surface area contributed by atoms with Gasteiger partial charge in [0.1, 0.15) is 0 Å². The Bertz CT molecular complexity index is 470. The van der Waals surface area contributed by atoms with Crippen LogP contribution in [-0.4, -0.2) is 24.7 Å². The van der Waals surface area contributed by atoms with Gasteiger partial charge in [-0.15, -0.1) is 11.6 Å². The van der Waals surface area contributed by atoms with Crippen LogP contribution in [0.5, 0.6) is 0 Å². The third kappa shape index (κ3) is 2.99. The van der Waals surface area contributed by atoms with Gasteiger partial charge >= 0.3 is 0 Å². The van der Waals surface area contributed by atoms with E-state index in [1.165, 1.54) is 0 Å². The average Bonchev–Trinajstić information content (AvgIpc) is 2.46. The first-order chi connectivity index (χ1) is 9.48. The van der Waals surface area contributed by atoms with Crippen LogP contribution in [0.4, 0.5) is 0 Å². The summed E-state index contributed by atoms with van der Waals surface area (Å²) in [4.78, 5) is 12.2. The van der Waals surface area contributed by atoms with Crippen molar-refractivity contribution in [3.8, 4) is 0 Å². The van der Waals surface area contributed by atoms with Gasteiger partial charge in [0.15, 0.2) is 0 Å². The van der Waals surface area contributed by atoms with Crippen molar-refractivity contribution >= 4 is 17.5 Å². The maximum Gasteiger partial charge on any atom is 0.251 e. The first-order valence-corrected chi connectivity index (χ1v) is 7.59. The Morgan fingerprint density at radius 3 is 2.55 bits per heavy atom. The lowest BCUT2D eigenvalue weighted by Gasteiger charge is -2.51. The standard InChI is InChI=1S/C16H22ClNO2/c1-4-20-14-9-13(16(14,2)3)18-15(19)12-7-5-11(10-17)6-8-12/h5-8,13-14H,4,9-10H2,1-3H3,(H,18,19). The summed E-state index contributed by atoms with van der Waals surface area (Å²) in [6.07, 6.45) is 1.11. The van der Waals surface area contributed by atoms with Crippen LogP contribution in [0.3, 0.4) is 0 Å². The topological polar surface area (TPSA) is 38.3 Å². The molecule has 0 heterocycles. The van der Waals surface area contributed by atoms with Crippen LogP contribution in [0.1, 0.15) is 43.1 Å². The molecule has 2 unspecified atom stereocenters. The number of halogens is 1. The largest absolute Gasteiger partial charge is 0.378 e. The predicted molar refractivity (Wildman–Crippen MR) is 81.1 cm³/mol. The summed E-state index contributed by atoms with van der Waals surface area (Å²) in [7, 11) is 0. The summed E-state index contributed by atoms with van der Waals surface area (Å²) in [6.45, 7) is 6.99. The molecule has 1 amide bonds. The zero-order chi connectivity index (χ0) is 14.8. The van der Waals surface area contributed by atoms with Crippen LogP contribution in [0.25, 0.3) is 0 Å². The molecule has 1 fully saturated rings. The molecule has 20 heavy (non-hydrogen) atoms. The van der Waals surface area contributed by atoms with Gasteiger partial charge < -0.3 is 10.1 Å². The molecule has 0 saturated heterocycles. The number of carbonyl (C=O) groups is 1. The van der Waals surface area contributed by atoms with Crippen molar-refractivity contribution in [3.05, 3.63) is 35.4 Å². The van der Waals surface area contributed by atoms with Crippen molar-refractivity contribution in [2.24, 2.45) is 5.41 Å². The molecular formula is C16H22ClNO2. The van der Waals surface area contributed by atoms with Gasteiger partial charge in [-0.3, -0.25) is 4.79 Å². The monoisotopic (exact) mass is 295 g/mol. The number of hydrogen-bond donors (Lipinski definition) is 1. The van der Waals surface area contributed by atoms with E-state index >= 15 is 0 Å². The number of hydrogen-bond acceptors (Lipinski definition) is 2. The quantitative estimate of drug-likeness (QED) is 0.846. The average molecular weight is 296 g/mol. The molecule has 2 atom stereocenters. The van der Waals surface area contributed by atoms with Crippen LogP contribution in [-0.2, 0) is 10.6 Å². The lowest BCUT2D eigenvalue weighted by Crippen LogP contribution is -2.62. The van der Waals surface area contributed by atoms with Crippen molar-refractivity contribution in [3.63, 3.8) is 0 Å². The molecule has 0 radical (unpaired) electrons. The van der Waals surface area contributed by atoms with Gasteiger partial charge in [0.2, 0.25) is 0 Å². The van der Waals surface area contributed by atoms with Crippen molar-refractivity contribution in [1.29, 1.82) is 0 Å². The Morgan fingerprint density at radius 1 is 1.40 bits per heavy atom. The minimum absolute atomic E-state index is 0.0122. The number of nitrogens with one attached hydrogen (secondary N) is 1. The normalized spacial score (nSPS) is 24.0. The third-order valence-electron chi connectivity index (χ3n) is 4.22. The molecular weight excluding hydrogens is 274 g/mol. The number of amides is 1. The highest BCUT2D eigenvalue weighted by atomic mass is 35.5. The van der Waals surface area contributed by atoms with E-state index in [0.29, 0.717) is 18.1 Å². The maximum atomic E-state index is 12.2. The van der Waals surface area contributed by atoms with Gasteiger partial charge in [0.05, 0.1) is 6.10 Å². The highest BCUT2D eigenvalue weighted by Crippen LogP contribution is 2.42. The second-order valence-corrected chi connectivity index (χ2v) is 6.12. The van der Waals surface area contributed by atoms with Gasteiger partial charge in [0, 0.05) is 29.5 Å². The van der Waals surface area contributed by atoms with Crippen LogP contribution in [0.2, 0.25) is 0 Å². The Kier molecular flexibility index (Phi) is 4.71. The fraction of sp³-hybridized carbons (Fsp3) is 0.562. The second-order valence-electron chi connectivity index (χ2n) is 5.86. The minimum Gasteiger partial charge on any atom is -0.378 e. The van der Waals surface area contributed by atoms with Gasteiger partial charge in [-0.25, -0.2) is 0 Å². The maximum absolute atomic E-state index is 12.2. The van der Waals surface area contributed by atoms with E-state index in [1.54, 1.807) is 0 Å². The zero-order valence-electron chi connectivity index (χ0n) is 12.3. The fourth-order valence-corrected chi connectivity index (χ4v) is 2.78. The van der Waals surface area contributed by atoms with Crippen LogP contribution in [0, 0.1) is 5.41 Å². The molecule has 1 aliphatic rings. The Morgan fingerprint density at radius 2 is 2.05 bits per heavy atom. The van der Waals surface area contributed by atoms with E-state index in [9.17, 15) is 4.79 Å². The number of benzene rings is 1. The molecule has 0 aromatic heterocycles. The molecule has 1 saturated carbocycles. The Labute approximate surface area is 125 Å². The minimum atomic E-state index is -0.0286. The van der Waals surface area contributed by atoms with E-state index in [4.69, 9.17) is 16.3 Å². The third-order valence-corrected chi connectivity index (χ3v) is 4.53. The van der Waals surface area contributed by atoms with Crippen molar-refractivity contribution < 1.29 is 9.53 Å². The van der Waals surface area contributed by atoms with Crippen LogP contribution >= 0.6 is 11.6 Å². The van der Waals surface area contributed by atoms with E-state index in [2.05, 4.69) is 19.2 Å². The van der Waals surface area contributed by atoms with E-state index in [1.807, 2.05) is 31.2 Å². The number of rotatable bonds is 5. The molecule has 1 aliphatic carbocycles. The summed E-state index contributed by atoms with van der Waals surface area (Å²) in [5.74, 6) is 0.437. The van der Waals surface area contributed by atoms with Gasteiger partial charge in [-0.2, -0.15) is 0 Å².